The zero-order valence-electron chi connectivity index (χ0n) is 11.1. The molecule has 106 valence electrons. The Morgan fingerprint density at radius 3 is 2.74 bits per heavy atom. The predicted octanol–water partition coefficient (Wildman–Crippen LogP) is 1.46. The third-order valence-corrected chi connectivity index (χ3v) is 3.71. The average Bonchev–Trinajstić information content (AvgIpc) is 2.38. The molecule has 3 nitrogen and oxygen atoms in total. The summed E-state index contributed by atoms with van der Waals surface area (Å²) in [5.41, 5.74) is 0.784. The van der Waals surface area contributed by atoms with Crippen molar-refractivity contribution in [2.24, 2.45) is 0 Å². The fourth-order valence-electron chi connectivity index (χ4n) is 2.51. The monoisotopic (exact) mass is 270 g/mol. The van der Waals surface area contributed by atoms with Gasteiger partial charge in [0.15, 0.2) is 11.6 Å². The highest BCUT2D eigenvalue weighted by molar-refractivity contribution is 5.17. The highest BCUT2D eigenvalue weighted by Gasteiger charge is 2.23. The summed E-state index contributed by atoms with van der Waals surface area (Å²) < 4.78 is 26.0. The summed E-state index contributed by atoms with van der Waals surface area (Å²) in [5, 5.41) is 9.04. The minimum atomic E-state index is -0.805. The Balaban J connectivity index is 1.97. The Morgan fingerprint density at radius 1 is 1.26 bits per heavy atom. The van der Waals surface area contributed by atoms with E-state index < -0.39 is 11.6 Å². The van der Waals surface area contributed by atoms with Crippen molar-refractivity contribution >= 4 is 0 Å². The normalized spacial score (nSPS) is 21.8. The molecule has 0 amide bonds. The Bertz CT molecular complexity index is 428. The molecule has 1 atom stereocenters. The van der Waals surface area contributed by atoms with Gasteiger partial charge in [0.2, 0.25) is 0 Å². The molecule has 1 heterocycles. The Kier molecular flexibility index (Phi) is 4.85. The van der Waals surface area contributed by atoms with Gasteiger partial charge in [0.1, 0.15) is 0 Å². The second kappa shape index (κ2) is 6.41. The molecule has 0 unspecified atom stereocenters. The first-order chi connectivity index (χ1) is 9.10. The Labute approximate surface area is 112 Å². The lowest BCUT2D eigenvalue weighted by molar-refractivity contribution is 0.0742. The fourth-order valence-corrected chi connectivity index (χ4v) is 2.51. The standard InChI is InChI=1S/C14H20F2N2O/c1-17-5-6-18(10-12(17)4-7-19)9-11-2-3-13(15)14(16)8-11/h2-3,8,12,19H,4-7,9-10H2,1H3/t12-/m0/s1. The lowest BCUT2D eigenvalue weighted by Gasteiger charge is -2.39. The van der Waals surface area contributed by atoms with E-state index in [2.05, 4.69) is 16.8 Å². The molecule has 1 N–H and O–H groups in total. The van der Waals surface area contributed by atoms with Crippen molar-refractivity contribution in [1.29, 1.82) is 0 Å². The van der Waals surface area contributed by atoms with Crippen molar-refractivity contribution in [3.05, 3.63) is 35.4 Å². The van der Waals surface area contributed by atoms with Crippen LogP contribution in [0.1, 0.15) is 12.0 Å². The number of halogens is 2. The first kappa shape index (κ1) is 14.4. The zero-order valence-corrected chi connectivity index (χ0v) is 11.1. The summed E-state index contributed by atoms with van der Waals surface area (Å²) in [4.78, 5) is 4.45. The van der Waals surface area contributed by atoms with Crippen LogP contribution in [0.3, 0.4) is 0 Å². The first-order valence-electron chi connectivity index (χ1n) is 6.57. The highest BCUT2D eigenvalue weighted by atomic mass is 19.2. The van der Waals surface area contributed by atoms with Gasteiger partial charge in [-0.25, -0.2) is 8.78 Å². The molecule has 0 aliphatic carbocycles. The van der Waals surface area contributed by atoms with Crippen LogP contribution in [-0.4, -0.2) is 54.2 Å². The van der Waals surface area contributed by atoms with E-state index in [1.807, 2.05) is 0 Å². The van der Waals surface area contributed by atoms with Crippen molar-refractivity contribution in [3.8, 4) is 0 Å². The number of nitrogens with zero attached hydrogens (tertiary/aromatic N) is 2. The molecule has 1 aromatic rings. The van der Waals surface area contributed by atoms with Gasteiger partial charge in [-0.1, -0.05) is 6.07 Å². The molecule has 0 aromatic heterocycles. The molecule has 2 rings (SSSR count). The predicted molar refractivity (Wildman–Crippen MR) is 69.8 cm³/mol. The molecule has 0 radical (unpaired) electrons. The van der Waals surface area contributed by atoms with Crippen molar-refractivity contribution in [1.82, 2.24) is 9.80 Å². The lowest BCUT2D eigenvalue weighted by Crippen LogP contribution is -2.51. The number of benzene rings is 1. The van der Waals surface area contributed by atoms with Crippen LogP contribution in [-0.2, 0) is 6.54 Å². The minimum absolute atomic E-state index is 0.175. The molecule has 1 aliphatic heterocycles. The molecule has 1 saturated heterocycles. The SMILES string of the molecule is CN1CCN(Cc2ccc(F)c(F)c2)C[C@@H]1CCO. The summed E-state index contributed by atoms with van der Waals surface area (Å²) >= 11 is 0. The molecule has 19 heavy (non-hydrogen) atoms. The number of hydrogen-bond donors (Lipinski definition) is 1. The molecular weight excluding hydrogens is 250 g/mol. The molecule has 1 aliphatic rings. The van der Waals surface area contributed by atoms with E-state index in [9.17, 15) is 8.78 Å². The topological polar surface area (TPSA) is 26.7 Å². The summed E-state index contributed by atoms with van der Waals surface area (Å²) in [5.74, 6) is -1.60. The van der Waals surface area contributed by atoms with Gasteiger partial charge in [-0.05, 0) is 31.2 Å². The van der Waals surface area contributed by atoms with E-state index in [-0.39, 0.29) is 6.61 Å². The van der Waals surface area contributed by atoms with Gasteiger partial charge in [0, 0.05) is 38.8 Å². The summed E-state index contributed by atoms with van der Waals surface area (Å²) in [6, 6.07) is 4.38. The van der Waals surface area contributed by atoms with Gasteiger partial charge in [-0.15, -0.1) is 0 Å². The average molecular weight is 270 g/mol. The van der Waals surface area contributed by atoms with Gasteiger partial charge < -0.3 is 10.0 Å². The maximum atomic E-state index is 13.2. The summed E-state index contributed by atoms with van der Waals surface area (Å²) in [6.45, 7) is 3.46. The number of hydrogen-bond acceptors (Lipinski definition) is 3. The van der Waals surface area contributed by atoms with Crippen LogP contribution in [0.5, 0.6) is 0 Å². The second-order valence-corrected chi connectivity index (χ2v) is 5.13. The maximum Gasteiger partial charge on any atom is 0.159 e. The van der Waals surface area contributed by atoms with E-state index in [1.165, 1.54) is 12.1 Å². The number of aliphatic hydroxyl groups is 1. The van der Waals surface area contributed by atoms with Crippen LogP contribution < -0.4 is 0 Å². The van der Waals surface area contributed by atoms with Crippen molar-refractivity contribution < 1.29 is 13.9 Å². The van der Waals surface area contributed by atoms with Crippen LogP contribution in [0.15, 0.2) is 18.2 Å². The second-order valence-electron chi connectivity index (χ2n) is 5.13. The van der Waals surface area contributed by atoms with Gasteiger partial charge >= 0.3 is 0 Å². The quantitative estimate of drug-likeness (QED) is 0.897. The van der Waals surface area contributed by atoms with E-state index in [0.717, 1.165) is 31.6 Å². The van der Waals surface area contributed by atoms with Crippen LogP contribution >= 0.6 is 0 Å². The first-order valence-corrected chi connectivity index (χ1v) is 6.57. The van der Waals surface area contributed by atoms with Gasteiger partial charge in [0.25, 0.3) is 0 Å². The Hall–Kier alpha value is -1.04. The number of likely N-dealkylation sites (N-methyl/N-ethyl adjacent to an activating group) is 1. The van der Waals surface area contributed by atoms with Crippen LogP contribution in [0, 0.1) is 11.6 Å². The van der Waals surface area contributed by atoms with Gasteiger partial charge in [-0.2, -0.15) is 0 Å². The maximum absolute atomic E-state index is 13.2. The molecule has 0 spiro atoms. The Morgan fingerprint density at radius 2 is 2.05 bits per heavy atom. The number of aliphatic hydroxyl groups excluding tert-OH is 1. The molecule has 1 aromatic carbocycles. The number of piperazine rings is 1. The van der Waals surface area contributed by atoms with E-state index >= 15 is 0 Å². The molecule has 5 heteroatoms. The molecule has 0 bridgehead atoms. The summed E-state index contributed by atoms with van der Waals surface area (Å²) in [7, 11) is 2.05. The summed E-state index contributed by atoms with van der Waals surface area (Å²) in [6.07, 6.45) is 0.741. The van der Waals surface area contributed by atoms with Gasteiger partial charge in [-0.3, -0.25) is 4.90 Å². The molecular formula is C14H20F2N2O. The third-order valence-electron chi connectivity index (χ3n) is 3.71. The van der Waals surface area contributed by atoms with Crippen LogP contribution in [0.4, 0.5) is 8.78 Å². The highest BCUT2D eigenvalue weighted by Crippen LogP contribution is 2.15. The zero-order chi connectivity index (χ0) is 13.8. The number of rotatable bonds is 4. The smallest absolute Gasteiger partial charge is 0.159 e. The molecule has 1 fully saturated rings. The minimum Gasteiger partial charge on any atom is -0.396 e. The van der Waals surface area contributed by atoms with Crippen LogP contribution in [0.25, 0.3) is 0 Å². The third kappa shape index (κ3) is 3.72. The van der Waals surface area contributed by atoms with E-state index in [0.29, 0.717) is 12.6 Å². The van der Waals surface area contributed by atoms with E-state index in [1.54, 1.807) is 6.07 Å². The van der Waals surface area contributed by atoms with Crippen molar-refractivity contribution in [2.75, 3.05) is 33.3 Å². The largest absolute Gasteiger partial charge is 0.396 e. The lowest BCUT2D eigenvalue weighted by atomic mass is 10.1. The molecule has 0 saturated carbocycles. The van der Waals surface area contributed by atoms with Gasteiger partial charge in [0.05, 0.1) is 0 Å². The van der Waals surface area contributed by atoms with Crippen molar-refractivity contribution in [2.45, 2.75) is 19.0 Å². The van der Waals surface area contributed by atoms with E-state index in [4.69, 9.17) is 5.11 Å². The fraction of sp³-hybridized carbons (Fsp3) is 0.571. The van der Waals surface area contributed by atoms with Crippen LogP contribution in [0.2, 0.25) is 0 Å². The van der Waals surface area contributed by atoms with Crippen molar-refractivity contribution in [3.63, 3.8) is 0 Å².